The van der Waals surface area contributed by atoms with E-state index in [4.69, 9.17) is 5.73 Å². The molecule has 0 heterocycles. The Bertz CT molecular complexity index is 365. The molecule has 2 N–H and O–H groups in total. The highest BCUT2D eigenvalue weighted by Gasteiger charge is 2.35. The molecule has 2 atom stereocenters. The van der Waals surface area contributed by atoms with E-state index in [1.165, 1.54) is 30.4 Å². The highest BCUT2D eigenvalue weighted by atomic mass is 15.2. The van der Waals surface area contributed by atoms with Crippen molar-refractivity contribution < 1.29 is 0 Å². The van der Waals surface area contributed by atoms with Crippen molar-refractivity contribution in [2.45, 2.75) is 58.2 Å². The van der Waals surface area contributed by atoms with Crippen LogP contribution in [0.15, 0.2) is 24.3 Å². The minimum Gasteiger partial charge on any atom is -0.326 e. The van der Waals surface area contributed by atoms with Gasteiger partial charge in [-0.25, -0.2) is 0 Å². The van der Waals surface area contributed by atoms with Crippen LogP contribution in [-0.2, 0) is 0 Å². The molecule has 1 aromatic rings. The molecule has 2 heteroatoms. The molecule has 0 radical (unpaired) electrons. The Morgan fingerprint density at radius 2 is 1.89 bits per heavy atom. The summed E-state index contributed by atoms with van der Waals surface area (Å²) in [5.41, 5.74) is 8.95. The molecule has 0 aliphatic heterocycles. The van der Waals surface area contributed by atoms with Gasteiger partial charge in [-0.3, -0.25) is 4.90 Å². The molecule has 0 amide bonds. The summed E-state index contributed by atoms with van der Waals surface area (Å²) in [7, 11) is 0. The van der Waals surface area contributed by atoms with Gasteiger partial charge in [-0.2, -0.15) is 0 Å². The average molecular weight is 246 g/mol. The molecule has 0 saturated heterocycles. The fourth-order valence-corrected chi connectivity index (χ4v) is 2.77. The molecule has 0 spiro atoms. The van der Waals surface area contributed by atoms with E-state index in [0.717, 1.165) is 12.6 Å². The molecule has 1 saturated carbocycles. The number of aryl methyl sites for hydroxylation is 1. The van der Waals surface area contributed by atoms with Crippen LogP contribution in [0, 0.1) is 6.92 Å². The fourth-order valence-electron chi connectivity index (χ4n) is 2.77. The van der Waals surface area contributed by atoms with E-state index in [9.17, 15) is 0 Å². The molecule has 1 aromatic carbocycles. The zero-order valence-electron chi connectivity index (χ0n) is 11.9. The molecule has 1 aliphatic rings. The maximum Gasteiger partial charge on any atom is 0.0499 e. The number of nitrogens with zero attached hydrogens (tertiary/aromatic N) is 1. The van der Waals surface area contributed by atoms with Crippen molar-refractivity contribution in [3.63, 3.8) is 0 Å². The second-order valence-corrected chi connectivity index (χ2v) is 5.68. The summed E-state index contributed by atoms with van der Waals surface area (Å²) >= 11 is 0. The van der Waals surface area contributed by atoms with Gasteiger partial charge in [0.25, 0.3) is 0 Å². The molecule has 18 heavy (non-hydrogen) atoms. The standard InChI is InChI=1S/C16H26N2/c1-4-11-18(15-9-10-15)16(13(3)17)14-7-5-12(2)6-8-14/h5-8,13,15-16H,4,9-11,17H2,1-3H3. The van der Waals surface area contributed by atoms with Crippen LogP contribution in [0.2, 0.25) is 0 Å². The first-order chi connectivity index (χ1) is 8.63. The van der Waals surface area contributed by atoms with Gasteiger partial charge in [0.15, 0.2) is 0 Å². The largest absolute Gasteiger partial charge is 0.326 e. The lowest BCUT2D eigenvalue weighted by Gasteiger charge is -2.34. The van der Waals surface area contributed by atoms with E-state index in [0.29, 0.717) is 6.04 Å². The van der Waals surface area contributed by atoms with E-state index in [-0.39, 0.29) is 6.04 Å². The minimum atomic E-state index is 0.180. The summed E-state index contributed by atoms with van der Waals surface area (Å²) in [6.07, 6.45) is 3.88. The number of hydrogen-bond acceptors (Lipinski definition) is 2. The third-order valence-electron chi connectivity index (χ3n) is 3.77. The molecule has 0 bridgehead atoms. The van der Waals surface area contributed by atoms with Gasteiger partial charge in [-0.15, -0.1) is 0 Å². The normalized spacial score (nSPS) is 18.9. The van der Waals surface area contributed by atoms with E-state index in [1.54, 1.807) is 0 Å². The molecular formula is C16H26N2. The zero-order chi connectivity index (χ0) is 13.1. The van der Waals surface area contributed by atoms with Crippen molar-refractivity contribution in [2.75, 3.05) is 6.54 Å². The first-order valence-electron chi connectivity index (χ1n) is 7.21. The fraction of sp³-hybridized carbons (Fsp3) is 0.625. The Balaban J connectivity index is 2.22. The first kappa shape index (κ1) is 13.6. The van der Waals surface area contributed by atoms with Crippen molar-refractivity contribution in [3.8, 4) is 0 Å². The molecule has 1 aliphatic carbocycles. The molecule has 100 valence electrons. The van der Waals surface area contributed by atoms with Crippen molar-refractivity contribution in [1.29, 1.82) is 0 Å². The zero-order valence-corrected chi connectivity index (χ0v) is 11.9. The second-order valence-electron chi connectivity index (χ2n) is 5.68. The van der Waals surface area contributed by atoms with E-state index in [2.05, 4.69) is 49.9 Å². The molecule has 2 nitrogen and oxygen atoms in total. The minimum absolute atomic E-state index is 0.180. The quantitative estimate of drug-likeness (QED) is 0.835. The summed E-state index contributed by atoms with van der Waals surface area (Å²) in [6, 6.07) is 10.2. The third-order valence-corrected chi connectivity index (χ3v) is 3.77. The lowest BCUT2D eigenvalue weighted by Crippen LogP contribution is -2.41. The number of nitrogens with two attached hydrogens (primary N) is 1. The van der Waals surface area contributed by atoms with Crippen molar-refractivity contribution in [1.82, 2.24) is 4.90 Å². The number of hydrogen-bond donors (Lipinski definition) is 1. The Morgan fingerprint density at radius 3 is 2.33 bits per heavy atom. The highest BCUT2D eigenvalue weighted by molar-refractivity contribution is 5.25. The average Bonchev–Trinajstić information content (AvgIpc) is 3.14. The van der Waals surface area contributed by atoms with E-state index in [1.807, 2.05) is 0 Å². The van der Waals surface area contributed by atoms with Crippen molar-refractivity contribution in [3.05, 3.63) is 35.4 Å². The summed E-state index contributed by atoms with van der Waals surface area (Å²) < 4.78 is 0. The maximum absolute atomic E-state index is 6.26. The van der Waals surface area contributed by atoms with Crippen LogP contribution in [0.4, 0.5) is 0 Å². The summed E-state index contributed by atoms with van der Waals surface area (Å²) in [5, 5.41) is 0. The monoisotopic (exact) mass is 246 g/mol. The first-order valence-corrected chi connectivity index (χ1v) is 7.21. The van der Waals surface area contributed by atoms with Gasteiger partial charge in [-0.1, -0.05) is 36.8 Å². The summed E-state index contributed by atoms with van der Waals surface area (Å²) in [4.78, 5) is 2.62. The van der Waals surface area contributed by atoms with Crippen LogP contribution in [0.3, 0.4) is 0 Å². The molecular weight excluding hydrogens is 220 g/mol. The highest BCUT2D eigenvalue weighted by Crippen LogP contribution is 2.35. The lowest BCUT2D eigenvalue weighted by atomic mass is 9.97. The molecule has 0 aromatic heterocycles. The Hall–Kier alpha value is -0.860. The Kier molecular flexibility index (Phi) is 4.41. The third kappa shape index (κ3) is 3.12. The second kappa shape index (κ2) is 5.85. The van der Waals surface area contributed by atoms with Crippen LogP contribution in [-0.4, -0.2) is 23.5 Å². The van der Waals surface area contributed by atoms with Gasteiger partial charge < -0.3 is 5.73 Å². The van der Waals surface area contributed by atoms with Gasteiger partial charge in [0.1, 0.15) is 0 Å². The lowest BCUT2D eigenvalue weighted by molar-refractivity contribution is 0.166. The predicted molar refractivity (Wildman–Crippen MR) is 77.6 cm³/mol. The van der Waals surface area contributed by atoms with Gasteiger partial charge in [0, 0.05) is 18.1 Å². The predicted octanol–water partition coefficient (Wildman–Crippen LogP) is 3.26. The van der Waals surface area contributed by atoms with Gasteiger partial charge >= 0.3 is 0 Å². The summed E-state index contributed by atoms with van der Waals surface area (Å²) in [6.45, 7) is 7.68. The van der Waals surface area contributed by atoms with E-state index < -0.39 is 0 Å². The van der Waals surface area contributed by atoms with Crippen LogP contribution >= 0.6 is 0 Å². The smallest absolute Gasteiger partial charge is 0.0499 e. The van der Waals surface area contributed by atoms with Crippen LogP contribution in [0.5, 0.6) is 0 Å². The maximum atomic E-state index is 6.26. The van der Waals surface area contributed by atoms with Crippen LogP contribution in [0.25, 0.3) is 0 Å². The van der Waals surface area contributed by atoms with Crippen LogP contribution < -0.4 is 5.73 Å². The Labute approximate surface area is 111 Å². The summed E-state index contributed by atoms with van der Waals surface area (Å²) in [5.74, 6) is 0. The van der Waals surface area contributed by atoms with Crippen LogP contribution in [0.1, 0.15) is 50.3 Å². The molecule has 2 rings (SSSR count). The SMILES string of the molecule is CCCN(C1CC1)C(c1ccc(C)cc1)C(C)N. The topological polar surface area (TPSA) is 29.3 Å². The van der Waals surface area contributed by atoms with Crippen molar-refractivity contribution in [2.24, 2.45) is 5.73 Å². The van der Waals surface area contributed by atoms with E-state index >= 15 is 0 Å². The van der Waals surface area contributed by atoms with Gasteiger partial charge in [-0.05, 0) is 45.2 Å². The van der Waals surface area contributed by atoms with Crippen molar-refractivity contribution >= 4 is 0 Å². The Morgan fingerprint density at radius 1 is 1.28 bits per heavy atom. The number of benzene rings is 1. The molecule has 1 fully saturated rings. The van der Waals surface area contributed by atoms with Gasteiger partial charge in [0.2, 0.25) is 0 Å². The van der Waals surface area contributed by atoms with Gasteiger partial charge in [0.05, 0.1) is 0 Å². The molecule has 2 unspecified atom stereocenters. The number of rotatable bonds is 6.